The lowest BCUT2D eigenvalue weighted by Gasteiger charge is -2.20. The van der Waals surface area contributed by atoms with Gasteiger partial charge in [0, 0.05) is 32.9 Å². The molecule has 1 aliphatic heterocycles. The van der Waals surface area contributed by atoms with E-state index in [9.17, 15) is 5.11 Å². The maximum atomic E-state index is 10.2. The van der Waals surface area contributed by atoms with Gasteiger partial charge in [0.05, 0.1) is 17.5 Å². The maximum Gasteiger partial charge on any atom is 0.227 e. The van der Waals surface area contributed by atoms with Gasteiger partial charge in [0.25, 0.3) is 0 Å². The minimum atomic E-state index is -0.415. The predicted octanol–water partition coefficient (Wildman–Crippen LogP) is 0.975. The van der Waals surface area contributed by atoms with Crippen molar-refractivity contribution in [3.05, 3.63) is 16.8 Å². The van der Waals surface area contributed by atoms with E-state index in [-0.39, 0.29) is 6.04 Å². The number of hydrogen-bond acceptors (Lipinski definition) is 7. The minimum Gasteiger partial charge on any atom is -0.390 e. The van der Waals surface area contributed by atoms with E-state index in [1.807, 2.05) is 26.0 Å². The van der Waals surface area contributed by atoms with Crippen LogP contribution < -0.4 is 10.2 Å². The number of aryl methyl sites for hydroxylation is 2. The monoisotopic (exact) mass is 342 g/mol. The second-order valence-electron chi connectivity index (χ2n) is 7.52. The second-order valence-corrected chi connectivity index (χ2v) is 7.52. The molecule has 1 saturated heterocycles. The number of likely N-dealkylation sites (N-methyl/N-ethyl adjacent to an activating group) is 1. The Morgan fingerprint density at radius 1 is 1.16 bits per heavy atom. The first-order valence-electron chi connectivity index (χ1n) is 8.94. The molecular formula is C18H26N6O. The van der Waals surface area contributed by atoms with E-state index in [1.54, 1.807) is 0 Å². The van der Waals surface area contributed by atoms with Crippen LogP contribution >= 0.6 is 0 Å². The van der Waals surface area contributed by atoms with Gasteiger partial charge in [-0.3, -0.25) is 0 Å². The van der Waals surface area contributed by atoms with E-state index in [2.05, 4.69) is 22.1 Å². The van der Waals surface area contributed by atoms with Gasteiger partial charge in [-0.05, 0) is 44.4 Å². The number of aromatic nitrogens is 3. The van der Waals surface area contributed by atoms with E-state index in [0.717, 1.165) is 42.7 Å². The number of fused-ring (bicyclic) bond motifs is 2. The Balaban J connectivity index is 1.80. The van der Waals surface area contributed by atoms with Gasteiger partial charge in [-0.2, -0.15) is 9.97 Å². The molecule has 0 saturated carbocycles. The molecule has 1 aliphatic carbocycles. The summed E-state index contributed by atoms with van der Waals surface area (Å²) in [4.78, 5) is 18.4. The summed E-state index contributed by atoms with van der Waals surface area (Å²) in [6.45, 7) is 3.60. The minimum absolute atomic E-state index is 0.0620. The van der Waals surface area contributed by atoms with Gasteiger partial charge in [-0.1, -0.05) is 0 Å². The molecule has 0 radical (unpaired) electrons. The molecule has 1 fully saturated rings. The van der Waals surface area contributed by atoms with Crippen molar-refractivity contribution < 1.29 is 5.11 Å². The number of hydrogen-bond donors (Lipinski definition) is 2. The molecule has 0 aromatic carbocycles. The van der Waals surface area contributed by atoms with Crippen LogP contribution in [0.1, 0.15) is 23.2 Å². The van der Waals surface area contributed by atoms with Gasteiger partial charge < -0.3 is 20.2 Å². The summed E-state index contributed by atoms with van der Waals surface area (Å²) in [7, 11) is 6.00. The highest BCUT2D eigenvalue weighted by Gasteiger charge is 2.30. The number of likely N-dealkylation sites (tertiary alicyclic amines) is 1. The molecule has 25 heavy (non-hydrogen) atoms. The van der Waals surface area contributed by atoms with E-state index in [1.165, 1.54) is 16.8 Å². The molecule has 134 valence electrons. The quantitative estimate of drug-likeness (QED) is 0.861. The van der Waals surface area contributed by atoms with Crippen LogP contribution in [0.15, 0.2) is 0 Å². The SMILES string of the molecule is Cc1c2c(nc3nc(NC4CN(C)CC4O)nc(N(C)C)c13)CCC2. The van der Waals surface area contributed by atoms with Gasteiger partial charge in [0.15, 0.2) is 5.65 Å². The lowest BCUT2D eigenvalue weighted by Crippen LogP contribution is -2.33. The van der Waals surface area contributed by atoms with Crippen molar-refractivity contribution in [3.8, 4) is 0 Å². The fourth-order valence-electron chi connectivity index (χ4n) is 4.06. The van der Waals surface area contributed by atoms with Crippen LogP contribution in [-0.2, 0) is 12.8 Å². The number of anilines is 2. The summed E-state index contributed by atoms with van der Waals surface area (Å²) in [5, 5.41) is 14.6. The molecule has 2 atom stereocenters. The van der Waals surface area contributed by atoms with Crippen LogP contribution in [0, 0.1) is 6.92 Å². The van der Waals surface area contributed by atoms with Crippen LogP contribution in [0.5, 0.6) is 0 Å². The number of β-amino-alcohol motifs (C(OH)–C–C–N with tert-alkyl or cyclic N) is 1. The van der Waals surface area contributed by atoms with Gasteiger partial charge in [0.1, 0.15) is 5.82 Å². The van der Waals surface area contributed by atoms with Crippen molar-refractivity contribution in [2.24, 2.45) is 0 Å². The average molecular weight is 342 g/mol. The summed E-state index contributed by atoms with van der Waals surface area (Å²) in [6.07, 6.45) is 2.87. The van der Waals surface area contributed by atoms with Crippen molar-refractivity contribution in [2.45, 2.75) is 38.3 Å². The third-order valence-corrected chi connectivity index (χ3v) is 5.34. The number of nitrogens with one attached hydrogen (secondary N) is 1. The normalized spacial score (nSPS) is 23.2. The first-order valence-corrected chi connectivity index (χ1v) is 8.94. The van der Waals surface area contributed by atoms with Crippen LogP contribution in [0.25, 0.3) is 11.0 Å². The van der Waals surface area contributed by atoms with Crippen LogP contribution in [0.3, 0.4) is 0 Å². The Hall–Kier alpha value is -1.99. The first kappa shape index (κ1) is 16.5. The molecule has 0 amide bonds. The van der Waals surface area contributed by atoms with Gasteiger partial charge >= 0.3 is 0 Å². The largest absolute Gasteiger partial charge is 0.390 e. The lowest BCUT2D eigenvalue weighted by molar-refractivity contribution is 0.174. The Kier molecular flexibility index (Phi) is 4.00. The first-order chi connectivity index (χ1) is 11.9. The van der Waals surface area contributed by atoms with Crippen molar-refractivity contribution >= 4 is 22.8 Å². The molecule has 2 aromatic heterocycles. The van der Waals surface area contributed by atoms with Gasteiger partial charge in [-0.15, -0.1) is 0 Å². The molecule has 2 N–H and O–H groups in total. The van der Waals surface area contributed by atoms with Crippen molar-refractivity contribution in [1.29, 1.82) is 0 Å². The molecular weight excluding hydrogens is 316 g/mol. The van der Waals surface area contributed by atoms with E-state index in [0.29, 0.717) is 12.5 Å². The third kappa shape index (κ3) is 2.81. The fourth-order valence-corrected chi connectivity index (χ4v) is 4.06. The Morgan fingerprint density at radius 2 is 1.96 bits per heavy atom. The van der Waals surface area contributed by atoms with E-state index >= 15 is 0 Å². The average Bonchev–Trinajstić information content (AvgIpc) is 3.13. The van der Waals surface area contributed by atoms with E-state index in [4.69, 9.17) is 9.97 Å². The number of nitrogens with zero attached hydrogens (tertiary/aromatic N) is 5. The predicted molar refractivity (Wildman–Crippen MR) is 99.3 cm³/mol. The molecule has 2 aliphatic rings. The summed E-state index contributed by atoms with van der Waals surface area (Å²) in [6, 6.07) is -0.0620. The van der Waals surface area contributed by atoms with Gasteiger partial charge in [-0.25, -0.2) is 4.98 Å². The Morgan fingerprint density at radius 3 is 2.64 bits per heavy atom. The molecule has 0 bridgehead atoms. The second kappa shape index (κ2) is 6.07. The van der Waals surface area contributed by atoms with Crippen molar-refractivity contribution in [2.75, 3.05) is 44.4 Å². The highest BCUT2D eigenvalue weighted by atomic mass is 16.3. The summed E-state index contributed by atoms with van der Waals surface area (Å²) >= 11 is 0. The topological polar surface area (TPSA) is 77.4 Å². The highest BCUT2D eigenvalue weighted by molar-refractivity contribution is 5.92. The van der Waals surface area contributed by atoms with Gasteiger partial charge in [0.2, 0.25) is 5.95 Å². The Labute approximate surface area is 148 Å². The third-order valence-electron chi connectivity index (χ3n) is 5.34. The molecule has 3 heterocycles. The van der Waals surface area contributed by atoms with Crippen LogP contribution in [0.2, 0.25) is 0 Å². The number of aliphatic hydroxyl groups is 1. The number of pyridine rings is 1. The van der Waals surface area contributed by atoms with E-state index < -0.39 is 6.10 Å². The number of aliphatic hydroxyl groups excluding tert-OH is 1. The number of rotatable bonds is 3. The molecule has 7 nitrogen and oxygen atoms in total. The zero-order valence-electron chi connectivity index (χ0n) is 15.4. The smallest absolute Gasteiger partial charge is 0.227 e. The molecule has 2 unspecified atom stereocenters. The zero-order chi connectivity index (χ0) is 17.7. The van der Waals surface area contributed by atoms with Crippen molar-refractivity contribution in [3.63, 3.8) is 0 Å². The summed E-state index contributed by atoms with van der Waals surface area (Å²) < 4.78 is 0. The molecule has 2 aromatic rings. The van der Waals surface area contributed by atoms with Crippen LogP contribution in [-0.4, -0.2) is 71.3 Å². The van der Waals surface area contributed by atoms with Crippen molar-refractivity contribution in [1.82, 2.24) is 19.9 Å². The highest BCUT2D eigenvalue weighted by Crippen LogP contribution is 2.33. The Bertz CT molecular complexity index is 821. The standard InChI is InChI=1S/C18H26N6O/c1-10-11-6-5-7-12(11)19-16-15(10)17(23(2)3)22-18(21-16)20-13-8-24(4)9-14(13)25/h13-14,25H,5-9H2,1-4H3,(H,19,20,21,22). The summed E-state index contributed by atoms with van der Waals surface area (Å²) in [5.41, 5.74) is 4.56. The maximum absolute atomic E-state index is 10.2. The van der Waals surface area contributed by atoms with Crippen LogP contribution in [0.4, 0.5) is 11.8 Å². The zero-order valence-corrected chi connectivity index (χ0v) is 15.4. The fraction of sp³-hybridized carbons (Fsp3) is 0.611. The lowest BCUT2D eigenvalue weighted by atomic mass is 10.0. The molecule has 7 heteroatoms. The molecule has 4 rings (SSSR count). The summed E-state index contributed by atoms with van der Waals surface area (Å²) in [5.74, 6) is 1.42. The molecule has 0 spiro atoms.